The fourth-order valence-corrected chi connectivity index (χ4v) is 2.13. The highest BCUT2D eigenvalue weighted by Crippen LogP contribution is 2.13. The predicted octanol–water partition coefficient (Wildman–Crippen LogP) is 1.02. The number of sulfonamides is 1. The molecule has 0 aliphatic heterocycles. The van der Waals surface area contributed by atoms with Gasteiger partial charge < -0.3 is 0 Å². The predicted molar refractivity (Wildman–Crippen MR) is 56.6 cm³/mol. The second-order valence-electron chi connectivity index (χ2n) is 2.83. The molecule has 0 radical (unpaired) electrons. The standard InChI is InChI=1S/C10H11NO3S/c1-3-10(12)11(2)15(13,14)9-7-5-4-6-8-9/h3-8H,1H2,2H3. The lowest BCUT2D eigenvalue weighted by atomic mass is 10.4. The average Bonchev–Trinajstić information content (AvgIpc) is 2.28. The van der Waals surface area contributed by atoms with E-state index in [0.717, 1.165) is 6.08 Å². The molecule has 0 fully saturated rings. The van der Waals surface area contributed by atoms with Gasteiger partial charge in [-0.2, -0.15) is 0 Å². The van der Waals surface area contributed by atoms with E-state index in [1.807, 2.05) is 0 Å². The SMILES string of the molecule is C=CC(=O)N(C)S(=O)(=O)c1ccccc1. The average molecular weight is 225 g/mol. The van der Waals surface area contributed by atoms with Gasteiger partial charge in [-0.05, 0) is 18.2 Å². The minimum absolute atomic E-state index is 0.0858. The normalized spacial score (nSPS) is 10.7. The summed E-state index contributed by atoms with van der Waals surface area (Å²) in [5.41, 5.74) is 0. The van der Waals surface area contributed by atoms with E-state index >= 15 is 0 Å². The number of nitrogens with zero attached hydrogens (tertiary/aromatic N) is 1. The van der Waals surface area contributed by atoms with Crippen LogP contribution in [0.25, 0.3) is 0 Å². The maximum Gasteiger partial charge on any atom is 0.266 e. The smallest absolute Gasteiger partial charge is 0.266 e. The maximum atomic E-state index is 11.8. The van der Waals surface area contributed by atoms with E-state index in [0.29, 0.717) is 4.31 Å². The molecule has 0 unspecified atom stereocenters. The molecule has 0 saturated carbocycles. The molecule has 1 aromatic carbocycles. The number of hydrogen-bond donors (Lipinski definition) is 0. The highest BCUT2D eigenvalue weighted by molar-refractivity contribution is 7.89. The maximum absolute atomic E-state index is 11.8. The van der Waals surface area contributed by atoms with Gasteiger partial charge in [-0.25, -0.2) is 12.7 Å². The molecule has 0 heterocycles. The van der Waals surface area contributed by atoms with E-state index in [2.05, 4.69) is 6.58 Å². The highest BCUT2D eigenvalue weighted by Gasteiger charge is 2.22. The Hall–Kier alpha value is -1.62. The van der Waals surface area contributed by atoms with Crippen molar-refractivity contribution in [3.63, 3.8) is 0 Å². The topological polar surface area (TPSA) is 54.5 Å². The third kappa shape index (κ3) is 2.24. The third-order valence-electron chi connectivity index (χ3n) is 1.89. The Morgan fingerprint density at radius 3 is 2.33 bits per heavy atom. The molecule has 0 aliphatic rings. The van der Waals surface area contributed by atoms with Crippen LogP contribution in [-0.2, 0) is 14.8 Å². The first-order valence-corrected chi connectivity index (χ1v) is 5.64. The van der Waals surface area contributed by atoms with Crippen LogP contribution in [0.15, 0.2) is 47.9 Å². The molecule has 4 nitrogen and oxygen atoms in total. The van der Waals surface area contributed by atoms with E-state index in [1.165, 1.54) is 19.2 Å². The molecular weight excluding hydrogens is 214 g/mol. The molecule has 0 bridgehead atoms. The zero-order valence-corrected chi connectivity index (χ0v) is 9.07. The number of carbonyl (C=O) groups is 1. The molecule has 0 spiro atoms. The van der Waals surface area contributed by atoms with Crippen molar-refractivity contribution < 1.29 is 13.2 Å². The summed E-state index contributed by atoms with van der Waals surface area (Å²) in [6.45, 7) is 3.23. The van der Waals surface area contributed by atoms with Crippen molar-refractivity contribution in [3.05, 3.63) is 43.0 Å². The number of hydrogen-bond acceptors (Lipinski definition) is 3. The lowest BCUT2D eigenvalue weighted by molar-refractivity contribution is -0.120. The van der Waals surface area contributed by atoms with Gasteiger partial charge in [0.2, 0.25) is 0 Å². The Labute approximate surface area is 88.9 Å². The second-order valence-corrected chi connectivity index (χ2v) is 4.80. The van der Waals surface area contributed by atoms with E-state index < -0.39 is 15.9 Å². The largest absolute Gasteiger partial charge is 0.269 e. The second kappa shape index (κ2) is 4.27. The number of benzene rings is 1. The summed E-state index contributed by atoms with van der Waals surface area (Å²) in [6.07, 6.45) is 0.959. The Morgan fingerprint density at radius 2 is 1.87 bits per heavy atom. The lowest BCUT2D eigenvalue weighted by Crippen LogP contribution is -2.31. The molecule has 5 heteroatoms. The van der Waals surface area contributed by atoms with Crippen molar-refractivity contribution in [1.82, 2.24) is 4.31 Å². The van der Waals surface area contributed by atoms with Crippen LogP contribution in [-0.4, -0.2) is 25.7 Å². The fourth-order valence-electron chi connectivity index (χ4n) is 0.998. The van der Waals surface area contributed by atoms with Crippen LogP contribution in [0.1, 0.15) is 0 Å². The van der Waals surface area contributed by atoms with E-state index in [1.54, 1.807) is 18.2 Å². The Morgan fingerprint density at radius 1 is 1.33 bits per heavy atom. The number of likely N-dealkylation sites (N-methyl/N-ethyl adjacent to an activating group) is 1. The van der Waals surface area contributed by atoms with Gasteiger partial charge in [-0.15, -0.1) is 0 Å². The third-order valence-corrected chi connectivity index (χ3v) is 3.66. The van der Waals surface area contributed by atoms with E-state index in [9.17, 15) is 13.2 Å². The molecule has 0 N–H and O–H groups in total. The van der Waals surface area contributed by atoms with Gasteiger partial charge in [0.1, 0.15) is 0 Å². The summed E-state index contributed by atoms with van der Waals surface area (Å²) >= 11 is 0. The highest BCUT2D eigenvalue weighted by atomic mass is 32.2. The van der Waals surface area contributed by atoms with Gasteiger partial charge in [-0.3, -0.25) is 4.79 Å². The number of carbonyl (C=O) groups excluding carboxylic acids is 1. The Kier molecular flexibility index (Phi) is 3.26. The molecule has 0 aromatic heterocycles. The minimum atomic E-state index is -3.74. The summed E-state index contributed by atoms with van der Waals surface area (Å²) < 4.78 is 24.2. The number of rotatable bonds is 3. The molecule has 0 aliphatic carbocycles. The van der Waals surface area contributed by atoms with E-state index in [4.69, 9.17) is 0 Å². The van der Waals surface area contributed by atoms with E-state index in [-0.39, 0.29) is 4.90 Å². The Bertz CT molecular complexity index is 465. The van der Waals surface area contributed by atoms with Crippen LogP contribution < -0.4 is 0 Å². The van der Waals surface area contributed by atoms with Gasteiger partial charge in [0.15, 0.2) is 0 Å². The van der Waals surface area contributed by atoms with Gasteiger partial charge in [0.25, 0.3) is 15.9 Å². The first-order chi connectivity index (χ1) is 7.00. The van der Waals surface area contributed by atoms with Crippen molar-refractivity contribution in [2.75, 3.05) is 7.05 Å². The van der Waals surface area contributed by atoms with Gasteiger partial charge in [0.05, 0.1) is 4.90 Å². The van der Waals surface area contributed by atoms with Crippen LogP contribution in [0.5, 0.6) is 0 Å². The molecule has 1 amide bonds. The monoisotopic (exact) mass is 225 g/mol. The molecule has 80 valence electrons. The molecular formula is C10H11NO3S. The van der Waals surface area contributed by atoms with Crippen LogP contribution >= 0.6 is 0 Å². The van der Waals surface area contributed by atoms with Crippen molar-refractivity contribution in [2.24, 2.45) is 0 Å². The Balaban J connectivity index is 3.15. The van der Waals surface area contributed by atoms with Crippen molar-refractivity contribution in [2.45, 2.75) is 4.90 Å². The summed E-state index contributed by atoms with van der Waals surface area (Å²) in [4.78, 5) is 11.2. The molecule has 15 heavy (non-hydrogen) atoms. The fraction of sp³-hybridized carbons (Fsp3) is 0.100. The molecule has 1 rings (SSSR count). The van der Waals surface area contributed by atoms with Crippen molar-refractivity contribution in [1.29, 1.82) is 0 Å². The summed E-state index contributed by atoms with van der Waals surface area (Å²) in [5, 5.41) is 0. The van der Waals surface area contributed by atoms with Crippen LogP contribution in [0, 0.1) is 0 Å². The lowest BCUT2D eigenvalue weighted by Gasteiger charge is -2.15. The molecule has 1 aromatic rings. The van der Waals surface area contributed by atoms with Crippen LogP contribution in [0.3, 0.4) is 0 Å². The molecule has 0 atom stereocenters. The van der Waals surface area contributed by atoms with Gasteiger partial charge >= 0.3 is 0 Å². The minimum Gasteiger partial charge on any atom is -0.269 e. The van der Waals surface area contributed by atoms with Crippen molar-refractivity contribution in [3.8, 4) is 0 Å². The molecule has 0 saturated heterocycles. The zero-order valence-electron chi connectivity index (χ0n) is 8.25. The van der Waals surface area contributed by atoms with Crippen molar-refractivity contribution >= 4 is 15.9 Å². The first-order valence-electron chi connectivity index (χ1n) is 4.20. The number of amides is 1. The quantitative estimate of drug-likeness (QED) is 0.722. The van der Waals surface area contributed by atoms with Gasteiger partial charge in [-0.1, -0.05) is 24.8 Å². The zero-order chi connectivity index (χ0) is 11.5. The summed E-state index contributed by atoms with van der Waals surface area (Å²) in [6, 6.07) is 7.76. The summed E-state index contributed by atoms with van der Waals surface area (Å²) in [5.74, 6) is -0.654. The van der Waals surface area contributed by atoms with Crippen LogP contribution in [0.4, 0.5) is 0 Å². The summed E-state index contributed by atoms with van der Waals surface area (Å²) in [7, 11) is -2.54. The van der Waals surface area contributed by atoms with Crippen LogP contribution in [0.2, 0.25) is 0 Å². The first kappa shape index (κ1) is 11.5. The van der Waals surface area contributed by atoms with Gasteiger partial charge in [0, 0.05) is 7.05 Å².